The number of benzene rings is 1. The highest BCUT2D eigenvalue weighted by Crippen LogP contribution is 2.16. The van der Waals surface area contributed by atoms with Gasteiger partial charge in [0.2, 0.25) is 0 Å². The Balaban J connectivity index is 1.66. The first kappa shape index (κ1) is 20.1. The van der Waals surface area contributed by atoms with Crippen molar-refractivity contribution in [1.82, 2.24) is 14.5 Å². The molecule has 0 saturated carbocycles. The fourth-order valence-electron chi connectivity index (χ4n) is 2.59. The van der Waals surface area contributed by atoms with Crippen LogP contribution in [-0.4, -0.2) is 32.1 Å². The maximum Gasteiger partial charge on any atom is 0.412 e. The Kier molecular flexibility index (Phi) is 5.63. The molecule has 0 spiro atoms. The number of nitrogens with zero attached hydrogens (tertiary/aromatic N) is 3. The van der Waals surface area contributed by atoms with Crippen LogP contribution in [0.25, 0.3) is 5.82 Å². The van der Waals surface area contributed by atoms with Gasteiger partial charge in [-0.1, -0.05) is 6.07 Å². The van der Waals surface area contributed by atoms with Crippen LogP contribution in [-0.2, 0) is 4.74 Å². The summed E-state index contributed by atoms with van der Waals surface area (Å²) in [5.74, 6) is 1.22. The van der Waals surface area contributed by atoms with E-state index in [0.29, 0.717) is 22.8 Å². The summed E-state index contributed by atoms with van der Waals surface area (Å²) in [6, 6.07) is 10.2. The Morgan fingerprint density at radius 2 is 1.83 bits per heavy atom. The standard InChI is InChI=1S/C21H23N5O3/c1-14-22-10-11-26(14)18-9-8-17(13-23-18)24-19(27)15-6-5-7-16(12-15)25-20(28)29-21(2,3)4/h5-13H,1-4H3,(H,24,27)(H,25,28). The molecule has 2 amide bonds. The summed E-state index contributed by atoms with van der Waals surface area (Å²) in [6.07, 6.45) is 4.52. The number of hydrogen-bond donors (Lipinski definition) is 2. The van der Waals surface area contributed by atoms with Crippen molar-refractivity contribution in [3.05, 3.63) is 66.4 Å². The van der Waals surface area contributed by atoms with Crippen molar-refractivity contribution in [2.75, 3.05) is 10.6 Å². The third-order valence-corrected chi connectivity index (χ3v) is 3.85. The van der Waals surface area contributed by atoms with Crippen LogP contribution in [0.15, 0.2) is 55.0 Å². The minimum Gasteiger partial charge on any atom is -0.444 e. The maximum absolute atomic E-state index is 12.6. The zero-order valence-electron chi connectivity index (χ0n) is 16.8. The smallest absolute Gasteiger partial charge is 0.412 e. The van der Waals surface area contributed by atoms with E-state index in [0.717, 1.165) is 5.82 Å². The second kappa shape index (κ2) is 8.14. The molecule has 1 aromatic carbocycles. The molecule has 0 aliphatic rings. The monoisotopic (exact) mass is 393 g/mol. The fourth-order valence-corrected chi connectivity index (χ4v) is 2.59. The number of aromatic nitrogens is 3. The molecule has 0 unspecified atom stereocenters. The van der Waals surface area contributed by atoms with E-state index >= 15 is 0 Å². The Bertz CT molecular complexity index is 1020. The van der Waals surface area contributed by atoms with Gasteiger partial charge in [0.05, 0.1) is 11.9 Å². The lowest BCUT2D eigenvalue weighted by Gasteiger charge is -2.19. The zero-order chi connectivity index (χ0) is 21.0. The van der Waals surface area contributed by atoms with E-state index in [2.05, 4.69) is 20.6 Å². The normalized spacial score (nSPS) is 11.0. The van der Waals surface area contributed by atoms with Crippen molar-refractivity contribution in [3.8, 4) is 5.82 Å². The number of ether oxygens (including phenoxy) is 1. The van der Waals surface area contributed by atoms with Crippen LogP contribution < -0.4 is 10.6 Å². The van der Waals surface area contributed by atoms with E-state index in [9.17, 15) is 9.59 Å². The molecule has 2 heterocycles. The molecule has 8 nitrogen and oxygen atoms in total. The summed E-state index contributed by atoms with van der Waals surface area (Å²) in [6.45, 7) is 7.23. The van der Waals surface area contributed by atoms with Crippen LogP contribution in [0, 0.1) is 6.92 Å². The van der Waals surface area contributed by atoms with E-state index in [4.69, 9.17) is 4.74 Å². The van der Waals surface area contributed by atoms with Crippen molar-refractivity contribution in [2.24, 2.45) is 0 Å². The highest BCUT2D eigenvalue weighted by atomic mass is 16.6. The number of amides is 2. The largest absolute Gasteiger partial charge is 0.444 e. The van der Waals surface area contributed by atoms with Gasteiger partial charge in [0.15, 0.2) is 0 Å². The van der Waals surface area contributed by atoms with Gasteiger partial charge in [-0.3, -0.25) is 14.7 Å². The van der Waals surface area contributed by atoms with Gasteiger partial charge in [-0.15, -0.1) is 0 Å². The van der Waals surface area contributed by atoms with E-state index in [-0.39, 0.29) is 5.91 Å². The van der Waals surface area contributed by atoms with Crippen LogP contribution in [0.4, 0.5) is 16.2 Å². The lowest BCUT2D eigenvalue weighted by atomic mass is 10.2. The van der Waals surface area contributed by atoms with Crippen molar-refractivity contribution >= 4 is 23.4 Å². The average molecular weight is 393 g/mol. The highest BCUT2D eigenvalue weighted by Gasteiger charge is 2.16. The number of nitrogens with one attached hydrogen (secondary N) is 2. The van der Waals surface area contributed by atoms with Crippen LogP contribution in [0.1, 0.15) is 37.0 Å². The molecule has 0 fully saturated rings. The van der Waals surface area contributed by atoms with Crippen molar-refractivity contribution in [3.63, 3.8) is 0 Å². The van der Waals surface area contributed by atoms with Crippen molar-refractivity contribution in [1.29, 1.82) is 0 Å². The number of imidazole rings is 1. The third-order valence-electron chi connectivity index (χ3n) is 3.85. The van der Waals surface area contributed by atoms with Gasteiger partial charge in [0, 0.05) is 23.6 Å². The molecule has 29 heavy (non-hydrogen) atoms. The Morgan fingerprint density at radius 3 is 2.45 bits per heavy atom. The molecule has 2 aromatic heterocycles. The minimum absolute atomic E-state index is 0.314. The summed E-state index contributed by atoms with van der Waals surface area (Å²) in [7, 11) is 0. The van der Waals surface area contributed by atoms with E-state index < -0.39 is 11.7 Å². The molecule has 3 rings (SSSR count). The Hall–Kier alpha value is -3.68. The molecule has 2 N–H and O–H groups in total. The van der Waals surface area contributed by atoms with Crippen LogP contribution >= 0.6 is 0 Å². The van der Waals surface area contributed by atoms with Gasteiger partial charge in [-0.05, 0) is 58.0 Å². The minimum atomic E-state index is -0.604. The highest BCUT2D eigenvalue weighted by molar-refractivity contribution is 6.05. The number of aryl methyl sites for hydroxylation is 1. The first-order valence-electron chi connectivity index (χ1n) is 9.09. The number of anilines is 2. The third kappa shape index (κ3) is 5.41. The number of carbonyl (C=O) groups is 2. The SMILES string of the molecule is Cc1nccn1-c1ccc(NC(=O)c2cccc(NC(=O)OC(C)(C)C)c2)cn1. The van der Waals surface area contributed by atoms with Crippen molar-refractivity contribution in [2.45, 2.75) is 33.3 Å². The predicted molar refractivity (Wildman–Crippen MR) is 110 cm³/mol. The first-order chi connectivity index (χ1) is 13.7. The Morgan fingerprint density at radius 1 is 1.03 bits per heavy atom. The number of carbonyl (C=O) groups excluding carboxylic acids is 2. The van der Waals surface area contributed by atoms with Crippen LogP contribution in [0.2, 0.25) is 0 Å². The van der Waals surface area contributed by atoms with Crippen LogP contribution in [0.5, 0.6) is 0 Å². The molecule has 150 valence electrons. The van der Waals surface area contributed by atoms with E-state index in [1.807, 2.05) is 17.7 Å². The molecule has 0 saturated heterocycles. The first-order valence-corrected chi connectivity index (χ1v) is 9.09. The lowest BCUT2D eigenvalue weighted by Crippen LogP contribution is -2.27. The summed E-state index contributed by atoms with van der Waals surface area (Å²) >= 11 is 0. The summed E-state index contributed by atoms with van der Waals surface area (Å²) in [4.78, 5) is 33.0. The predicted octanol–water partition coefficient (Wildman–Crippen LogP) is 4.18. The van der Waals surface area contributed by atoms with E-state index in [1.165, 1.54) is 0 Å². The quantitative estimate of drug-likeness (QED) is 0.693. The van der Waals surface area contributed by atoms with Crippen molar-refractivity contribution < 1.29 is 14.3 Å². The number of rotatable bonds is 4. The summed E-state index contributed by atoms with van der Waals surface area (Å²) in [5, 5.41) is 5.42. The molecular formula is C21H23N5O3. The van der Waals surface area contributed by atoms with Gasteiger partial charge < -0.3 is 10.1 Å². The van der Waals surface area contributed by atoms with E-state index in [1.54, 1.807) is 69.6 Å². The summed E-state index contributed by atoms with van der Waals surface area (Å²) < 4.78 is 7.07. The van der Waals surface area contributed by atoms with Gasteiger partial charge in [-0.2, -0.15) is 0 Å². The molecule has 8 heteroatoms. The number of pyridine rings is 1. The fraction of sp³-hybridized carbons (Fsp3) is 0.238. The lowest BCUT2D eigenvalue weighted by molar-refractivity contribution is 0.0635. The molecule has 0 atom stereocenters. The second-order valence-electron chi connectivity index (χ2n) is 7.41. The molecular weight excluding hydrogens is 370 g/mol. The van der Waals surface area contributed by atoms with Crippen LogP contribution in [0.3, 0.4) is 0 Å². The maximum atomic E-state index is 12.6. The number of hydrogen-bond acceptors (Lipinski definition) is 5. The second-order valence-corrected chi connectivity index (χ2v) is 7.41. The van der Waals surface area contributed by atoms with Gasteiger partial charge >= 0.3 is 6.09 Å². The molecule has 3 aromatic rings. The molecule has 0 bridgehead atoms. The average Bonchev–Trinajstić information content (AvgIpc) is 3.07. The van der Waals surface area contributed by atoms with Gasteiger partial charge in [0.25, 0.3) is 5.91 Å². The topological polar surface area (TPSA) is 98.1 Å². The zero-order valence-corrected chi connectivity index (χ0v) is 16.8. The van der Waals surface area contributed by atoms with Gasteiger partial charge in [0.1, 0.15) is 17.2 Å². The molecule has 0 aliphatic carbocycles. The molecule has 0 radical (unpaired) electrons. The Labute approximate surface area is 168 Å². The van der Waals surface area contributed by atoms with Gasteiger partial charge in [-0.25, -0.2) is 14.8 Å². The summed E-state index contributed by atoms with van der Waals surface area (Å²) in [5.41, 5.74) is 0.819. The molecule has 0 aliphatic heterocycles.